The van der Waals surface area contributed by atoms with Crippen molar-refractivity contribution in [3.63, 3.8) is 0 Å². The number of allylic oxidation sites excluding steroid dienone is 1. The topological polar surface area (TPSA) is 37.3 Å². The highest BCUT2D eigenvalue weighted by Gasteiger charge is 2.27. The minimum atomic E-state index is -0.681. The third-order valence-electron chi connectivity index (χ3n) is 5.84. The minimum absolute atomic E-state index is 0.542. The number of hydrogen-bond donors (Lipinski definition) is 1. The van der Waals surface area contributed by atoms with E-state index in [4.69, 9.17) is 0 Å². The molecule has 0 atom stereocenters. The average molecular weight is 306 g/mol. The Morgan fingerprint density at radius 1 is 0.682 bits per heavy atom. The number of carboxylic acids is 1. The molecule has 2 nitrogen and oxygen atoms in total. The van der Waals surface area contributed by atoms with Crippen LogP contribution in [-0.4, -0.2) is 11.1 Å². The number of aliphatic carboxylic acids is 1. The number of carboxylic acid groups (broad SMARTS) is 1. The van der Waals surface area contributed by atoms with Gasteiger partial charge in [-0.2, -0.15) is 0 Å². The van der Waals surface area contributed by atoms with Gasteiger partial charge in [0.15, 0.2) is 0 Å². The second-order valence-electron chi connectivity index (χ2n) is 7.47. The highest BCUT2D eigenvalue weighted by atomic mass is 16.4. The summed E-state index contributed by atoms with van der Waals surface area (Å²) < 4.78 is 0. The largest absolute Gasteiger partial charge is 0.478 e. The van der Waals surface area contributed by atoms with Crippen molar-refractivity contribution in [1.82, 2.24) is 0 Å². The first kappa shape index (κ1) is 17.6. The molecule has 2 saturated carbocycles. The van der Waals surface area contributed by atoms with Gasteiger partial charge in [0, 0.05) is 5.57 Å². The minimum Gasteiger partial charge on any atom is -0.478 e. The first-order chi connectivity index (χ1) is 10.7. The van der Waals surface area contributed by atoms with E-state index in [2.05, 4.69) is 0 Å². The van der Waals surface area contributed by atoms with Crippen LogP contribution in [0.4, 0.5) is 0 Å². The van der Waals surface area contributed by atoms with Crippen LogP contribution in [0.2, 0.25) is 0 Å². The summed E-state index contributed by atoms with van der Waals surface area (Å²) in [5, 5.41) is 9.61. The molecule has 0 amide bonds. The van der Waals surface area contributed by atoms with Gasteiger partial charge >= 0.3 is 5.97 Å². The van der Waals surface area contributed by atoms with Crippen LogP contribution in [0.3, 0.4) is 0 Å². The Morgan fingerprint density at radius 2 is 1.00 bits per heavy atom. The number of rotatable bonds is 3. The average Bonchev–Trinajstić information content (AvgIpc) is 2.42. The summed E-state index contributed by atoms with van der Waals surface area (Å²) in [6, 6.07) is 0. The molecule has 0 spiro atoms. The molecule has 1 N–H and O–H groups in total. The highest BCUT2D eigenvalue weighted by molar-refractivity contribution is 5.87. The molecule has 2 aliphatic carbocycles. The third kappa shape index (κ3) is 5.14. The fourth-order valence-corrected chi connectivity index (χ4v) is 4.60. The highest BCUT2D eigenvalue weighted by Crippen LogP contribution is 2.39. The van der Waals surface area contributed by atoms with Crippen LogP contribution in [0.15, 0.2) is 11.1 Å². The number of carbonyl (C=O) groups is 1. The van der Waals surface area contributed by atoms with E-state index in [9.17, 15) is 9.90 Å². The molecule has 2 aliphatic rings. The van der Waals surface area contributed by atoms with Gasteiger partial charge in [0.1, 0.15) is 0 Å². The Labute approximate surface area is 136 Å². The summed E-state index contributed by atoms with van der Waals surface area (Å²) in [5.41, 5.74) is 2.02. The van der Waals surface area contributed by atoms with Gasteiger partial charge in [0.25, 0.3) is 0 Å². The van der Waals surface area contributed by atoms with Crippen molar-refractivity contribution in [2.45, 2.75) is 96.8 Å². The summed E-state index contributed by atoms with van der Waals surface area (Å²) in [7, 11) is 0. The first-order valence-corrected chi connectivity index (χ1v) is 9.64. The molecule has 126 valence electrons. The fourth-order valence-electron chi connectivity index (χ4n) is 4.60. The van der Waals surface area contributed by atoms with Crippen LogP contribution in [-0.2, 0) is 4.79 Å². The Bertz CT molecular complexity index is 343. The first-order valence-electron chi connectivity index (χ1n) is 9.64. The SMILES string of the molecule is CC(C(=O)O)=C(C1CCCCCCC1)C1CCCCCCC1. The van der Waals surface area contributed by atoms with Crippen molar-refractivity contribution in [2.75, 3.05) is 0 Å². The molecule has 2 rings (SSSR count). The molecule has 0 unspecified atom stereocenters. The van der Waals surface area contributed by atoms with Crippen LogP contribution in [0.25, 0.3) is 0 Å². The fraction of sp³-hybridized carbons (Fsp3) is 0.850. The van der Waals surface area contributed by atoms with Gasteiger partial charge in [-0.3, -0.25) is 0 Å². The summed E-state index contributed by atoms with van der Waals surface area (Å²) in [6.07, 6.45) is 18.1. The molecule has 0 aromatic heterocycles. The Hall–Kier alpha value is -0.790. The van der Waals surface area contributed by atoms with E-state index >= 15 is 0 Å². The van der Waals surface area contributed by atoms with Crippen LogP contribution >= 0.6 is 0 Å². The molecule has 0 saturated heterocycles. The summed E-state index contributed by atoms with van der Waals surface area (Å²) in [4.78, 5) is 11.7. The van der Waals surface area contributed by atoms with Gasteiger partial charge < -0.3 is 5.11 Å². The van der Waals surface area contributed by atoms with E-state index in [1.807, 2.05) is 6.92 Å². The second kappa shape index (κ2) is 9.37. The molecular weight excluding hydrogens is 272 g/mol. The Kier molecular flexibility index (Phi) is 7.48. The monoisotopic (exact) mass is 306 g/mol. The van der Waals surface area contributed by atoms with Crippen molar-refractivity contribution in [2.24, 2.45) is 11.8 Å². The summed E-state index contributed by atoms with van der Waals surface area (Å²) in [5.74, 6) is 0.403. The maximum atomic E-state index is 11.7. The lowest BCUT2D eigenvalue weighted by Gasteiger charge is -2.31. The maximum absolute atomic E-state index is 11.7. The van der Waals surface area contributed by atoms with Crippen LogP contribution in [0.5, 0.6) is 0 Å². The smallest absolute Gasteiger partial charge is 0.331 e. The zero-order valence-electron chi connectivity index (χ0n) is 14.4. The van der Waals surface area contributed by atoms with Gasteiger partial charge in [-0.05, 0) is 44.4 Å². The molecular formula is C20H34O2. The van der Waals surface area contributed by atoms with Crippen molar-refractivity contribution in [3.05, 3.63) is 11.1 Å². The van der Waals surface area contributed by atoms with E-state index in [0.29, 0.717) is 17.4 Å². The van der Waals surface area contributed by atoms with Crippen LogP contribution in [0.1, 0.15) is 96.8 Å². The van der Waals surface area contributed by atoms with Gasteiger partial charge in [0.2, 0.25) is 0 Å². The van der Waals surface area contributed by atoms with Gasteiger partial charge in [-0.25, -0.2) is 4.79 Å². The van der Waals surface area contributed by atoms with Gasteiger partial charge in [0.05, 0.1) is 0 Å². The lowest BCUT2D eigenvalue weighted by Crippen LogP contribution is -2.20. The molecule has 0 bridgehead atoms. The van der Waals surface area contributed by atoms with Crippen molar-refractivity contribution in [3.8, 4) is 0 Å². The zero-order chi connectivity index (χ0) is 15.8. The molecule has 2 fully saturated rings. The van der Waals surface area contributed by atoms with Gasteiger partial charge in [-0.15, -0.1) is 0 Å². The lowest BCUT2D eigenvalue weighted by molar-refractivity contribution is -0.132. The lowest BCUT2D eigenvalue weighted by atomic mass is 9.74. The predicted octanol–water partition coefficient (Wildman–Crippen LogP) is 6.11. The summed E-state index contributed by atoms with van der Waals surface area (Å²) in [6.45, 7) is 1.87. The zero-order valence-corrected chi connectivity index (χ0v) is 14.4. The normalized spacial score (nSPS) is 23.0. The molecule has 22 heavy (non-hydrogen) atoms. The van der Waals surface area contributed by atoms with E-state index in [0.717, 1.165) is 0 Å². The maximum Gasteiger partial charge on any atom is 0.331 e. The van der Waals surface area contributed by atoms with E-state index in [1.54, 1.807) is 0 Å². The van der Waals surface area contributed by atoms with E-state index in [1.165, 1.54) is 95.5 Å². The van der Waals surface area contributed by atoms with Crippen molar-refractivity contribution < 1.29 is 9.90 Å². The number of hydrogen-bond acceptors (Lipinski definition) is 1. The summed E-state index contributed by atoms with van der Waals surface area (Å²) >= 11 is 0. The molecule has 0 aromatic carbocycles. The van der Waals surface area contributed by atoms with Crippen LogP contribution < -0.4 is 0 Å². The van der Waals surface area contributed by atoms with Crippen LogP contribution in [0, 0.1) is 11.8 Å². The predicted molar refractivity (Wildman–Crippen MR) is 92.0 cm³/mol. The van der Waals surface area contributed by atoms with E-state index in [-0.39, 0.29) is 0 Å². The van der Waals surface area contributed by atoms with Gasteiger partial charge in [-0.1, -0.05) is 69.8 Å². The Morgan fingerprint density at radius 3 is 1.32 bits per heavy atom. The van der Waals surface area contributed by atoms with E-state index < -0.39 is 5.97 Å². The molecule has 0 aromatic rings. The molecule has 0 aliphatic heterocycles. The third-order valence-corrected chi connectivity index (χ3v) is 5.84. The molecule has 2 heteroatoms. The van der Waals surface area contributed by atoms with Crippen molar-refractivity contribution >= 4 is 5.97 Å². The standard InChI is InChI=1S/C20H34O2/c1-16(20(21)22)19(17-12-8-4-2-5-9-13-17)18-14-10-6-3-7-11-15-18/h17-18H,2-15H2,1H3,(H,21,22). The quantitative estimate of drug-likeness (QED) is 0.639. The Balaban J connectivity index is 2.20. The van der Waals surface area contributed by atoms with Crippen molar-refractivity contribution in [1.29, 1.82) is 0 Å². The molecule has 0 heterocycles. The second-order valence-corrected chi connectivity index (χ2v) is 7.47. The molecule has 0 radical (unpaired) electrons.